The fourth-order valence-corrected chi connectivity index (χ4v) is 3.42. The molecule has 1 saturated heterocycles. The summed E-state index contributed by atoms with van der Waals surface area (Å²) < 4.78 is 5.61. The van der Waals surface area contributed by atoms with Crippen LogP contribution in [0, 0.1) is 5.92 Å². The molecule has 0 spiro atoms. The van der Waals surface area contributed by atoms with Gasteiger partial charge in [-0.25, -0.2) is 0 Å². The number of likely N-dealkylation sites (tertiary alicyclic amines) is 1. The predicted molar refractivity (Wildman–Crippen MR) is 121 cm³/mol. The van der Waals surface area contributed by atoms with Gasteiger partial charge in [-0.15, -0.1) is 24.0 Å². The van der Waals surface area contributed by atoms with Crippen LogP contribution in [0.4, 0.5) is 0 Å². The molecule has 7 heteroatoms. The summed E-state index contributed by atoms with van der Waals surface area (Å²) in [6.45, 7) is 9.58. The van der Waals surface area contributed by atoms with Crippen molar-refractivity contribution in [2.24, 2.45) is 10.9 Å². The van der Waals surface area contributed by atoms with Crippen molar-refractivity contribution in [3.63, 3.8) is 0 Å². The number of guanidine groups is 1. The molecule has 0 bridgehead atoms. The number of methoxy groups -OCH3 is 1. The second-order valence-corrected chi connectivity index (χ2v) is 7.44. The highest BCUT2D eigenvalue weighted by molar-refractivity contribution is 14.0. The minimum atomic E-state index is -0.0783. The van der Waals surface area contributed by atoms with Crippen LogP contribution in [0.2, 0.25) is 5.02 Å². The third kappa shape index (κ3) is 6.55. The molecule has 3 unspecified atom stereocenters. The van der Waals surface area contributed by atoms with E-state index in [2.05, 4.69) is 41.3 Å². The van der Waals surface area contributed by atoms with E-state index in [1.54, 1.807) is 14.2 Å². The van der Waals surface area contributed by atoms with Crippen molar-refractivity contribution in [2.45, 2.75) is 39.0 Å². The Labute approximate surface area is 179 Å². The van der Waals surface area contributed by atoms with Crippen LogP contribution in [0.3, 0.4) is 0 Å². The second kappa shape index (κ2) is 11.3. The number of ether oxygens (including phenoxy) is 1. The van der Waals surface area contributed by atoms with Crippen LogP contribution in [0.15, 0.2) is 29.3 Å². The molecular formula is C19H32ClIN4O. The molecule has 1 aromatic carbocycles. The molecular weight excluding hydrogens is 463 g/mol. The second-order valence-electron chi connectivity index (χ2n) is 7.01. The Morgan fingerprint density at radius 2 is 2.12 bits per heavy atom. The number of hydrogen-bond acceptors (Lipinski definition) is 3. The van der Waals surface area contributed by atoms with E-state index < -0.39 is 0 Å². The Kier molecular flexibility index (Phi) is 10.2. The molecule has 3 atom stereocenters. The highest BCUT2D eigenvalue weighted by Crippen LogP contribution is 2.20. The van der Waals surface area contributed by atoms with Gasteiger partial charge in [-0.05, 0) is 37.5 Å². The largest absolute Gasteiger partial charge is 0.375 e. The van der Waals surface area contributed by atoms with Crippen molar-refractivity contribution in [1.29, 1.82) is 0 Å². The summed E-state index contributed by atoms with van der Waals surface area (Å²) in [5.74, 6) is 1.40. The SMILES string of the molecule is CN=C(NCC(OC)c1cccc(Cl)c1)NC1CN(C(C)C)CC1C.I. The molecule has 0 radical (unpaired) electrons. The molecule has 1 fully saturated rings. The molecule has 2 rings (SSSR count). The molecule has 1 heterocycles. The van der Waals surface area contributed by atoms with Gasteiger partial charge in [0.2, 0.25) is 0 Å². The van der Waals surface area contributed by atoms with Crippen molar-refractivity contribution in [3.8, 4) is 0 Å². The van der Waals surface area contributed by atoms with Crippen LogP contribution in [0.5, 0.6) is 0 Å². The Bertz CT molecular complexity index is 584. The van der Waals surface area contributed by atoms with Crippen LogP contribution < -0.4 is 10.6 Å². The topological polar surface area (TPSA) is 48.9 Å². The maximum atomic E-state index is 6.09. The Hall–Kier alpha value is -0.570. The summed E-state index contributed by atoms with van der Waals surface area (Å²) in [4.78, 5) is 6.87. The van der Waals surface area contributed by atoms with Gasteiger partial charge in [0.25, 0.3) is 0 Å². The smallest absolute Gasteiger partial charge is 0.191 e. The van der Waals surface area contributed by atoms with Crippen LogP contribution in [-0.2, 0) is 4.74 Å². The van der Waals surface area contributed by atoms with Crippen molar-refractivity contribution in [1.82, 2.24) is 15.5 Å². The minimum Gasteiger partial charge on any atom is -0.375 e. The first-order chi connectivity index (χ1) is 11.9. The molecule has 1 aromatic rings. The standard InChI is InChI=1S/C19H31ClN4O.HI/c1-13(2)24-11-14(3)17(12-24)23-19(21-4)22-10-18(25-5)15-7-6-8-16(20)9-15;/h6-9,13-14,17-18H,10-12H2,1-5H3,(H2,21,22,23);1H. The van der Waals surface area contributed by atoms with Gasteiger partial charge in [-0.2, -0.15) is 0 Å². The van der Waals surface area contributed by atoms with Gasteiger partial charge in [-0.1, -0.05) is 30.7 Å². The van der Waals surface area contributed by atoms with E-state index in [0.717, 1.165) is 29.6 Å². The van der Waals surface area contributed by atoms with E-state index in [1.807, 2.05) is 24.3 Å². The Balaban J connectivity index is 0.00000338. The third-order valence-electron chi connectivity index (χ3n) is 4.88. The van der Waals surface area contributed by atoms with Gasteiger partial charge < -0.3 is 15.4 Å². The van der Waals surface area contributed by atoms with Gasteiger partial charge in [0, 0.05) is 50.9 Å². The zero-order valence-corrected chi connectivity index (χ0v) is 19.4. The predicted octanol–water partition coefficient (Wildman–Crippen LogP) is 3.54. The molecule has 0 amide bonds. The number of halogens is 2. The summed E-state index contributed by atoms with van der Waals surface area (Å²) in [6.07, 6.45) is -0.0783. The quantitative estimate of drug-likeness (QED) is 0.361. The minimum absolute atomic E-state index is 0. The summed E-state index contributed by atoms with van der Waals surface area (Å²) in [5.41, 5.74) is 1.05. The van der Waals surface area contributed by atoms with Crippen molar-refractivity contribution in [3.05, 3.63) is 34.9 Å². The van der Waals surface area contributed by atoms with Gasteiger partial charge in [-0.3, -0.25) is 9.89 Å². The zero-order chi connectivity index (χ0) is 18.4. The summed E-state index contributed by atoms with van der Waals surface area (Å²) in [5, 5.41) is 7.66. The first-order valence-electron chi connectivity index (χ1n) is 8.94. The highest BCUT2D eigenvalue weighted by atomic mass is 127. The Morgan fingerprint density at radius 3 is 2.65 bits per heavy atom. The third-order valence-corrected chi connectivity index (χ3v) is 5.11. The zero-order valence-electron chi connectivity index (χ0n) is 16.3. The molecule has 1 aliphatic heterocycles. The molecule has 0 aromatic heterocycles. The fraction of sp³-hybridized carbons (Fsp3) is 0.632. The van der Waals surface area contributed by atoms with E-state index in [9.17, 15) is 0 Å². The molecule has 0 aliphatic carbocycles. The lowest BCUT2D eigenvalue weighted by molar-refractivity contribution is 0.106. The molecule has 1 aliphatic rings. The average Bonchev–Trinajstić information content (AvgIpc) is 2.95. The maximum absolute atomic E-state index is 6.09. The van der Waals surface area contributed by atoms with Crippen molar-refractivity contribution < 1.29 is 4.74 Å². The monoisotopic (exact) mass is 494 g/mol. The van der Waals surface area contributed by atoms with Crippen LogP contribution in [0.1, 0.15) is 32.4 Å². The lowest BCUT2D eigenvalue weighted by Gasteiger charge is -2.23. The van der Waals surface area contributed by atoms with Crippen LogP contribution >= 0.6 is 35.6 Å². The highest BCUT2D eigenvalue weighted by Gasteiger charge is 2.31. The van der Waals surface area contributed by atoms with Gasteiger partial charge >= 0.3 is 0 Å². The Morgan fingerprint density at radius 1 is 1.38 bits per heavy atom. The number of hydrogen-bond donors (Lipinski definition) is 2. The lowest BCUT2D eigenvalue weighted by Crippen LogP contribution is -2.47. The van der Waals surface area contributed by atoms with Crippen LogP contribution in [-0.4, -0.2) is 56.7 Å². The van der Waals surface area contributed by atoms with Crippen molar-refractivity contribution in [2.75, 3.05) is 33.8 Å². The van der Waals surface area contributed by atoms with Gasteiger partial charge in [0.1, 0.15) is 0 Å². The molecule has 26 heavy (non-hydrogen) atoms. The summed E-state index contributed by atoms with van der Waals surface area (Å²) in [7, 11) is 3.51. The lowest BCUT2D eigenvalue weighted by atomic mass is 10.1. The van der Waals surface area contributed by atoms with E-state index in [0.29, 0.717) is 24.5 Å². The molecule has 0 saturated carbocycles. The first-order valence-corrected chi connectivity index (χ1v) is 9.31. The number of rotatable bonds is 6. The van der Waals surface area contributed by atoms with E-state index >= 15 is 0 Å². The van der Waals surface area contributed by atoms with E-state index in [-0.39, 0.29) is 30.1 Å². The fourth-order valence-electron chi connectivity index (χ4n) is 3.22. The number of nitrogens with one attached hydrogen (secondary N) is 2. The normalized spacial score (nSPS) is 22.2. The number of aliphatic imine (C=N–C) groups is 1. The maximum Gasteiger partial charge on any atom is 0.191 e. The van der Waals surface area contributed by atoms with Gasteiger partial charge in [0.15, 0.2) is 5.96 Å². The van der Waals surface area contributed by atoms with Crippen molar-refractivity contribution >= 4 is 41.5 Å². The summed E-state index contributed by atoms with van der Waals surface area (Å²) >= 11 is 6.09. The average molecular weight is 495 g/mol. The van der Waals surface area contributed by atoms with Crippen LogP contribution in [0.25, 0.3) is 0 Å². The molecule has 2 N–H and O–H groups in total. The number of nitrogens with zero attached hydrogens (tertiary/aromatic N) is 2. The summed E-state index contributed by atoms with van der Waals surface area (Å²) in [6, 6.07) is 8.75. The van der Waals surface area contributed by atoms with E-state index in [4.69, 9.17) is 16.3 Å². The molecule has 148 valence electrons. The first kappa shape index (κ1) is 23.5. The van der Waals surface area contributed by atoms with Gasteiger partial charge in [0.05, 0.1) is 6.10 Å². The molecule has 5 nitrogen and oxygen atoms in total. The number of benzene rings is 1. The van der Waals surface area contributed by atoms with E-state index in [1.165, 1.54) is 0 Å².